The van der Waals surface area contributed by atoms with Gasteiger partial charge in [0.05, 0.1) is 17.9 Å². The van der Waals surface area contributed by atoms with Crippen LogP contribution in [0.2, 0.25) is 0 Å². The van der Waals surface area contributed by atoms with Crippen LogP contribution in [0.3, 0.4) is 0 Å². The lowest BCUT2D eigenvalue weighted by molar-refractivity contribution is 0.0523. The molecule has 2 aromatic rings. The molecule has 7 heteroatoms. The summed E-state index contributed by atoms with van der Waals surface area (Å²) in [5.41, 5.74) is 3.09. The maximum atomic E-state index is 12.2. The number of hydrogen-bond donors (Lipinski definition) is 1. The van der Waals surface area contributed by atoms with E-state index in [1.807, 2.05) is 32.8 Å². The average Bonchev–Trinajstić information content (AvgIpc) is 2.69. The Bertz CT molecular complexity index is 695. The number of aryl methyl sites for hydroxylation is 2. The van der Waals surface area contributed by atoms with Crippen LogP contribution in [-0.2, 0) is 11.3 Å². The zero-order valence-electron chi connectivity index (χ0n) is 13.5. The van der Waals surface area contributed by atoms with Gasteiger partial charge in [-0.2, -0.15) is 0 Å². The molecule has 0 aromatic carbocycles. The van der Waals surface area contributed by atoms with Crippen molar-refractivity contribution < 1.29 is 14.6 Å². The molecule has 6 nitrogen and oxygen atoms in total. The SMILES string of the molecule is CCOC(=O)c1cn2c(C)c(C)nc2c(O)c1CN(C)C.I. The quantitative estimate of drug-likeness (QED) is 0.610. The smallest absolute Gasteiger partial charge is 0.340 e. The lowest BCUT2D eigenvalue weighted by Crippen LogP contribution is -2.17. The highest BCUT2D eigenvalue weighted by atomic mass is 127. The Morgan fingerprint density at radius 3 is 2.59 bits per heavy atom. The third kappa shape index (κ3) is 3.35. The summed E-state index contributed by atoms with van der Waals surface area (Å²) < 4.78 is 6.83. The molecule has 0 aliphatic carbocycles. The Hall–Kier alpha value is -1.35. The van der Waals surface area contributed by atoms with Crippen molar-refractivity contribution in [2.45, 2.75) is 27.3 Å². The van der Waals surface area contributed by atoms with Gasteiger partial charge >= 0.3 is 5.97 Å². The van der Waals surface area contributed by atoms with Gasteiger partial charge in [-0.05, 0) is 34.9 Å². The normalized spacial score (nSPS) is 10.8. The van der Waals surface area contributed by atoms with Crippen molar-refractivity contribution in [1.29, 1.82) is 0 Å². The van der Waals surface area contributed by atoms with Gasteiger partial charge in [0.25, 0.3) is 0 Å². The summed E-state index contributed by atoms with van der Waals surface area (Å²) >= 11 is 0. The van der Waals surface area contributed by atoms with E-state index in [1.54, 1.807) is 17.5 Å². The van der Waals surface area contributed by atoms with Crippen LogP contribution in [0.15, 0.2) is 6.20 Å². The van der Waals surface area contributed by atoms with E-state index >= 15 is 0 Å². The van der Waals surface area contributed by atoms with E-state index in [9.17, 15) is 9.90 Å². The van der Waals surface area contributed by atoms with E-state index in [-0.39, 0.29) is 29.7 Å². The Balaban J connectivity index is 0.00000242. The molecule has 0 saturated heterocycles. The molecule has 0 amide bonds. The predicted molar refractivity (Wildman–Crippen MR) is 95.1 cm³/mol. The highest BCUT2D eigenvalue weighted by Crippen LogP contribution is 2.29. The van der Waals surface area contributed by atoms with Crippen LogP contribution in [0.1, 0.15) is 34.2 Å². The van der Waals surface area contributed by atoms with E-state index in [0.717, 1.165) is 11.4 Å². The number of esters is 1. The number of ether oxygens (including phenoxy) is 1. The number of fused-ring (bicyclic) bond motifs is 1. The summed E-state index contributed by atoms with van der Waals surface area (Å²) in [5, 5.41) is 10.5. The minimum atomic E-state index is -0.433. The second-order valence-corrected chi connectivity index (χ2v) is 5.30. The first-order valence-electron chi connectivity index (χ1n) is 6.88. The maximum Gasteiger partial charge on any atom is 0.340 e. The first-order chi connectivity index (χ1) is 9.86. The lowest BCUT2D eigenvalue weighted by atomic mass is 10.1. The molecule has 22 heavy (non-hydrogen) atoms. The van der Waals surface area contributed by atoms with Gasteiger partial charge in [-0.3, -0.25) is 0 Å². The van der Waals surface area contributed by atoms with Crippen LogP contribution in [0.5, 0.6) is 5.75 Å². The van der Waals surface area contributed by atoms with Gasteiger partial charge in [-0.15, -0.1) is 24.0 Å². The summed E-state index contributed by atoms with van der Waals surface area (Å²) in [5.74, 6) is -0.400. The molecule has 0 fully saturated rings. The minimum Gasteiger partial charge on any atom is -0.504 e. The molecule has 0 radical (unpaired) electrons. The number of carbonyl (C=O) groups is 1. The van der Waals surface area contributed by atoms with Gasteiger partial charge in [0.15, 0.2) is 11.4 Å². The monoisotopic (exact) mass is 419 g/mol. The standard InChI is InChI=1S/C15H21N3O3.HI/c1-6-21-15(20)12-8-18-10(3)9(2)16-14(18)13(19)11(12)7-17(4)5;/h8,19H,6-7H2,1-5H3;1H. The number of aromatic hydroxyl groups is 1. The molecule has 0 bridgehead atoms. The van der Waals surface area contributed by atoms with Crippen LogP contribution >= 0.6 is 24.0 Å². The maximum absolute atomic E-state index is 12.2. The summed E-state index contributed by atoms with van der Waals surface area (Å²) in [6.07, 6.45) is 1.70. The molecule has 0 spiro atoms. The van der Waals surface area contributed by atoms with E-state index in [1.165, 1.54) is 0 Å². The van der Waals surface area contributed by atoms with Gasteiger partial charge in [-0.1, -0.05) is 0 Å². The van der Waals surface area contributed by atoms with E-state index in [0.29, 0.717) is 29.9 Å². The molecule has 0 unspecified atom stereocenters. The highest BCUT2D eigenvalue weighted by molar-refractivity contribution is 14.0. The minimum absolute atomic E-state index is 0. The van der Waals surface area contributed by atoms with Crippen LogP contribution in [0.4, 0.5) is 0 Å². The van der Waals surface area contributed by atoms with E-state index in [2.05, 4.69) is 4.98 Å². The molecule has 2 rings (SSSR count). The fourth-order valence-corrected chi connectivity index (χ4v) is 2.28. The van der Waals surface area contributed by atoms with Crippen LogP contribution in [0, 0.1) is 13.8 Å². The Morgan fingerprint density at radius 1 is 1.41 bits per heavy atom. The topological polar surface area (TPSA) is 67.1 Å². The first-order valence-corrected chi connectivity index (χ1v) is 6.88. The van der Waals surface area contributed by atoms with Gasteiger partial charge < -0.3 is 19.1 Å². The van der Waals surface area contributed by atoms with Gasteiger partial charge in [0.1, 0.15) is 0 Å². The Morgan fingerprint density at radius 2 is 2.05 bits per heavy atom. The van der Waals surface area contributed by atoms with Crippen LogP contribution in [0.25, 0.3) is 5.65 Å². The molecule has 122 valence electrons. The number of rotatable bonds is 4. The highest BCUT2D eigenvalue weighted by Gasteiger charge is 2.22. The average molecular weight is 419 g/mol. The summed E-state index contributed by atoms with van der Waals surface area (Å²) in [6, 6.07) is 0. The van der Waals surface area contributed by atoms with Crippen molar-refractivity contribution >= 4 is 35.6 Å². The number of halogens is 1. The molecular formula is C15H22IN3O3. The zero-order chi connectivity index (χ0) is 15.7. The fraction of sp³-hybridized carbons (Fsp3) is 0.467. The molecule has 0 aliphatic rings. The molecule has 0 aliphatic heterocycles. The van der Waals surface area contributed by atoms with Crippen molar-refractivity contribution in [1.82, 2.24) is 14.3 Å². The third-order valence-electron chi connectivity index (χ3n) is 3.44. The third-order valence-corrected chi connectivity index (χ3v) is 3.44. The number of nitrogens with zero attached hydrogens (tertiary/aromatic N) is 3. The molecule has 2 heterocycles. The summed E-state index contributed by atoms with van der Waals surface area (Å²) in [4.78, 5) is 18.4. The van der Waals surface area contributed by atoms with Crippen molar-refractivity contribution in [2.75, 3.05) is 20.7 Å². The van der Waals surface area contributed by atoms with Crippen molar-refractivity contribution in [3.8, 4) is 5.75 Å². The van der Waals surface area contributed by atoms with Gasteiger partial charge in [0.2, 0.25) is 0 Å². The molecule has 0 saturated carbocycles. The second-order valence-electron chi connectivity index (χ2n) is 5.30. The number of hydrogen-bond acceptors (Lipinski definition) is 5. The number of pyridine rings is 1. The molecular weight excluding hydrogens is 397 g/mol. The predicted octanol–water partition coefficient (Wildman–Crippen LogP) is 2.51. The van der Waals surface area contributed by atoms with Crippen molar-refractivity contribution in [2.24, 2.45) is 0 Å². The molecule has 2 aromatic heterocycles. The fourth-order valence-electron chi connectivity index (χ4n) is 2.28. The van der Waals surface area contributed by atoms with Crippen LogP contribution in [-0.4, -0.2) is 46.1 Å². The van der Waals surface area contributed by atoms with Crippen molar-refractivity contribution in [3.05, 3.63) is 28.7 Å². The largest absolute Gasteiger partial charge is 0.504 e. The zero-order valence-corrected chi connectivity index (χ0v) is 15.8. The first kappa shape index (κ1) is 18.7. The van der Waals surface area contributed by atoms with Crippen molar-refractivity contribution in [3.63, 3.8) is 0 Å². The summed E-state index contributed by atoms with van der Waals surface area (Å²) in [6.45, 7) is 6.25. The van der Waals surface area contributed by atoms with Crippen LogP contribution < -0.4 is 0 Å². The van der Waals surface area contributed by atoms with Gasteiger partial charge in [-0.25, -0.2) is 9.78 Å². The van der Waals surface area contributed by atoms with E-state index in [4.69, 9.17) is 4.74 Å². The second kappa shape index (κ2) is 7.28. The number of aromatic nitrogens is 2. The lowest BCUT2D eigenvalue weighted by Gasteiger charge is -2.16. The Kier molecular flexibility index (Phi) is 6.18. The van der Waals surface area contributed by atoms with E-state index < -0.39 is 5.97 Å². The summed E-state index contributed by atoms with van der Waals surface area (Å²) in [7, 11) is 3.75. The Labute approximate surface area is 147 Å². The molecule has 1 N–H and O–H groups in total. The molecule has 0 atom stereocenters. The number of carbonyl (C=O) groups excluding carboxylic acids is 1. The van der Waals surface area contributed by atoms with Gasteiger partial charge in [0, 0.05) is 24.0 Å². The number of imidazole rings is 1.